The molecule has 114 valence electrons. The van der Waals surface area contributed by atoms with Crippen molar-refractivity contribution in [2.75, 3.05) is 19.4 Å². The molecule has 1 aliphatic rings. The number of nitrogens with zero attached hydrogens (tertiary/aromatic N) is 1. The third kappa shape index (κ3) is 4.29. The van der Waals surface area contributed by atoms with Gasteiger partial charge in [-0.1, -0.05) is 12.1 Å². The number of rotatable bonds is 5. The molecule has 1 aromatic carbocycles. The number of hydrogen-bond acceptors (Lipinski definition) is 3. The molecule has 1 aromatic rings. The van der Waals surface area contributed by atoms with Crippen LogP contribution in [0.25, 0.3) is 0 Å². The number of aliphatic carboxylic acids is 1. The molecule has 1 fully saturated rings. The topological polar surface area (TPSA) is 69.6 Å². The van der Waals surface area contributed by atoms with Crippen LogP contribution in [0.15, 0.2) is 24.3 Å². The number of carboxylic acid groups (broad SMARTS) is 1. The van der Waals surface area contributed by atoms with Gasteiger partial charge in [-0.15, -0.1) is 0 Å². The van der Waals surface area contributed by atoms with Crippen LogP contribution in [0.4, 0.5) is 5.69 Å². The lowest BCUT2D eigenvalue weighted by molar-refractivity contribution is -0.141. The van der Waals surface area contributed by atoms with E-state index in [4.69, 9.17) is 5.11 Å². The number of benzene rings is 1. The first-order valence-corrected chi connectivity index (χ1v) is 7.23. The van der Waals surface area contributed by atoms with E-state index in [1.54, 1.807) is 0 Å². The van der Waals surface area contributed by atoms with Crippen molar-refractivity contribution in [3.05, 3.63) is 29.8 Å². The molecule has 0 unspecified atom stereocenters. The third-order valence-corrected chi connectivity index (χ3v) is 3.85. The predicted molar refractivity (Wildman–Crippen MR) is 80.9 cm³/mol. The molecular weight excluding hydrogens is 268 g/mol. The van der Waals surface area contributed by atoms with Crippen molar-refractivity contribution in [2.24, 2.45) is 11.8 Å². The maximum atomic E-state index is 12.2. The SMILES string of the molecule is CN(C)Cc1cccc(NC(=O)[C@@H]2CC[C@H](C(=O)O)C2)c1. The van der Waals surface area contributed by atoms with Gasteiger partial charge < -0.3 is 15.3 Å². The summed E-state index contributed by atoms with van der Waals surface area (Å²) in [5.74, 6) is -1.43. The second kappa shape index (κ2) is 6.72. The number of carbonyl (C=O) groups excluding carboxylic acids is 1. The lowest BCUT2D eigenvalue weighted by Gasteiger charge is -2.13. The number of nitrogens with one attached hydrogen (secondary N) is 1. The molecule has 0 radical (unpaired) electrons. The summed E-state index contributed by atoms with van der Waals surface area (Å²) in [4.78, 5) is 25.2. The highest BCUT2D eigenvalue weighted by atomic mass is 16.4. The fourth-order valence-electron chi connectivity index (χ4n) is 2.80. The van der Waals surface area contributed by atoms with Gasteiger partial charge in [-0.3, -0.25) is 9.59 Å². The minimum atomic E-state index is -0.793. The number of carboxylic acids is 1. The summed E-state index contributed by atoms with van der Waals surface area (Å²) in [5.41, 5.74) is 1.91. The summed E-state index contributed by atoms with van der Waals surface area (Å²) in [6, 6.07) is 7.76. The second-order valence-corrected chi connectivity index (χ2v) is 5.97. The van der Waals surface area contributed by atoms with Crippen molar-refractivity contribution in [3.63, 3.8) is 0 Å². The zero-order chi connectivity index (χ0) is 15.4. The van der Waals surface area contributed by atoms with E-state index in [1.807, 2.05) is 38.4 Å². The smallest absolute Gasteiger partial charge is 0.306 e. The highest BCUT2D eigenvalue weighted by molar-refractivity contribution is 5.93. The van der Waals surface area contributed by atoms with E-state index >= 15 is 0 Å². The van der Waals surface area contributed by atoms with Gasteiger partial charge in [0.15, 0.2) is 0 Å². The van der Waals surface area contributed by atoms with Gasteiger partial charge in [-0.25, -0.2) is 0 Å². The molecule has 5 nitrogen and oxygen atoms in total. The van der Waals surface area contributed by atoms with Crippen molar-refractivity contribution >= 4 is 17.6 Å². The molecule has 0 heterocycles. The Kier molecular flexibility index (Phi) is 4.96. The van der Waals surface area contributed by atoms with Gasteiger partial charge in [0.2, 0.25) is 5.91 Å². The Hall–Kier alpha value is -1.88. The zero-order valence-corrected chi connectivity index (χ0v) is 12.5. The first-order chi connectivity index (χ1) is 9.95. The van der Waals surface area contributed by atoms with E-state index in [-0.39, 0.29) is 17.7 Å². The van der Waals surface area contributed by atoms with E-state index in [0.29, 0.717) is 19.3 Å². The molecule has 5 heteroatoms. The summed E-state index contributed by atoms with van der Waals surface area (Å²) in [6.45, 7) is 0.814. The van der Waals surface area contributed by atoms with Gasteiger partial charge in [0, 0.05) is 18.2 Å². The minimum Gasteiger partial charge on any atom is -0.481 e. The van der Waals surface area contributed by atoms with Crippen LogP contribution in [0.5, 0.6) is 0 Å². The Morgan fingerprint density at radius 1 is 1.29 bits per heavy atom. The average Bonchev–Trinajstić information content (AvgIpc) is 2.88. The fourth-order valence-corrected chi connectivity index (χ4v) is 2.80. The van der Waals surface area contributed by atoms with Gasteiger partial charge in [0.25, 0.3) is 0 Å². The van der Waals surface area contributed by atoms with Crippen LogP contribution in [0.1, 0.15) is 24.8 Å². The van der Waals surface area contributed by atoms with Gasteiger partial charge in [0.05, 0.1) is 5.92 Å². The van der Waals surface area contributed by atoms with Crippen LogP contribution in [0.3, 0.4) is 0 Å². The summed E-state index contributed by atoms with van der Waals surface area (Å²) in [5, 5.41) is 11.9. The lowest BCUT2D eigenvalue weighted by Crippen LogP contribution is -2.21. The van der Waals surface area contributed by atoms with E-state index in [0.717, 1.165) is 17.8 Å². The zero-order valence-electron chi connectivity index (χ0n) is 12.5. The predicted octanol–water partition coefficient (Wildman–Crippen LogP) is 2.19. The van der Waals surface area contributed by atoms with E-state index < -0.39 is 5.97 Å². The Labute approximate surface area is 125 Å². The van der Waals surface area contributed by atoms with Crippen LogP contribution in [0.2, 0.25) is 0 Å². The van der Waals surface area contributed by atoms with Crippen molar-refractivity contribution in [2.45, 2.75) is 25.8 Å². The van der Waals surface area contributed by atoms with Crippen molar-refractivity contribution in [1.29, 1.82) is 0 Å². The largest absolute Gasteiger partial charge is 0.481 e. The number of carbonyl (C=O) groups is 2. The standard InChI is InChI=1S/C16H22N2O3/c1-18(2)10-11-4-3-5-14(8-11)17-15(19)12-6-7-13(9-12)16(20)21/h3-5,8,12-13H,6-7,9-10H2,1-2H3,(H,17,19)(H,20,21)/t12-,13+/m1/s1. The van der Waals surface area contributed by atoms with Gasteiger partial charge in [-0.2, -0.15) is 0 Å². The molecule has 0 saturated heterocycles. The number of anilines is 1. The first-order valence-electron chi connectivity index (χ1n) is 7.23. The molecule has 0 spiro atoms. The molecule has 1 saturated carbocycles. The molecule has 1 amide bonds. The molecule has 0 aliphatic heterocycles. The Bertz CT molecular complexity index is 528. The first kappa shape index (κ1) is 15.5. The van der Waals surface area contributed by atoms with Crippen LogP contribution in [-0.4, -0.2) is 36.0 Å². The van der Waals surface area contributed by atoms with Crippen LogP contribution in [0, 0.1) is 11.8 Å². The van der Waals surface area contributed by atoms with Crippen molar-refractivity contribution in [3.8, 4) is 0 Å². The van der Waals surface area contributed by atoms with Crippen LogP contribution < -0.4 is 5.32 Å². The maximum Gasteiger partial charge on any atom is 0.306 e. The van der Waals surface area contributed by atoms with Crippen LogP contribution >= 0.6 is 0 Å². The molecule has 21 heavy (non-hydrogen) atoms. The van der Waals surface area contributed by atoms with Gasteiger partial charge >= 0.3 is 5.97 Å². The molecule has 2 rings (SSSR count). The highest BCUT2D eigenvalue weighted by Crippen LogP contribution is 2.31. The fraction of sp³-hybridized carbons (Fsp3) is 0.500. The minimum absolute atomic E-state index is 0.0687. The van der Waals surface area contributed by atoms with Gasteiger partial charge in [-0.05, 0) is 51.1 Å². The highest BCUT2D eigenvalue weighted by Gasteiger charge is 2.33. The molecule has 0 aromatic heterocycles. The molecule has 1 aliphatic carbocycles. The number of hydrogen-bond donors (Lipinski definition) is 2. The monoisotopic (exact) mass is 290 g/mol. The van der Waals surface area contributed by atoms with E-state index in [9.17, 15) is 9.59 Å². The molecule has 0 bridgehead atoms. The van der Waals surface area contributed by atoms with E-state index in [1.165, 1.54) is 0 Å². The summed E-state index contributed by atoms with van der Waals surface area (Å²) in [6.07, 6.45) is 1.69. The Morgan fingerprint density at radius 3 is 2.62 bits per heavy atom. The van der Waals surface area contributed by atoms with Crippen molar-refractivity contribution in [1.82, 2.24) is 4.90 Å². The third-order valence-electron chi connectivity index (χ3n) is 3.85. The summed E-state index contributed by atoms with van der Waals surface area (Å²) < 4.78 is 0. The Balaban J connectivity index is 1.95. The normalized spacial score (nSPS) is 21.5. The average molecular weight is 290 g/mol. The summed E-state index contributed by atoms with van der Waals surface area (Å²) in [7, 11) is 3.99. The molecule has 2 atom stereocenters. The quantitative estimate of drug-likeness (QED) is 0.872. The van der Waals surface area contributed by atoms with Crippen molar-refractivity contribution < 1.29 is 14.7 Å². The maximum absolute atomic E-state index is 12.2. The lowest BCUT2D eigenvalue weighted by atomic mass is 10.0. The summed E-state index contributed by atoms with van der Waals surface area (Å²) >= 11 is 0. The van der Waals surface area contributed by atoms with E-state index in [2.05, 4.69) is 10.2 Å². The second-order valence-electron chi connectivity index (χ2n) is 5.97. The van der Waals surface area contributed by atoms with Gasteiger partial charge in [0.1, 0.15) is 0 Å². The molecule has 2 N–H and O–H groups in total. The number of amides is 1. The molecular formula is C16H22N2O3. The van der Waals surface area contributed by atoms with Crippen LogP contribution in [-0.2, 0) is 16.1 Å². The Morgan fingerprint density at radius 2 is 2.00 bits per heavy atom.